The van der Waals surface area contributed by atoms with Crippen LogP contribution in [0.25, 0.3) is 0 Å². The van der Waals surface area contributed by atoms with Crippen molar-refractivity contribution in [2.75, 3.05) is 19.7 Å². The van der Waals surface area contributed by atoms with Gasteiger partial charge in [0.05, 0.1) is 10.5 Å². The highest BCUT2D eigenvalue weighted by Gasteiger charge is 2.27. The van der Waals surface area contributed by atoms with Crippen molar-refractivity contribution in [2.24, 2.45) is 0 Å². The van der Waals surface area contributed by atoms with Crippen molar-refractivity contribution in [2.45, 2.75) is 24.3 Å². The van der Waals surface area contributed by atoms with E-state index in [1.165, 1.54) is 52.8 Å². The summed E-state index contributed by atoms with van der Waals surface area (Å²) in [7, 11) is -3.65. The summed E-state index contributed by atoms with van der Waals surface area (Å²) in [5, 5.41) is 2.56. The fraction of sp³-hybridized carbons (Fsp3) is 0.300. The van der Waals surface area contributed by atoms with Gasteiger partial charge >= 0.3 is 5.97 Å². The van der Waals surface area contributed by atoms with Crippen LogP contribution in [0.2, 0.25) is 0 Å². The number of rotatable bonds is 7. The summed E-state index contributed by atoms with van der Waals surface area (Å²) >= 11 is 0. The van der Waals surface area contributed by atoms with Gasteiger partial charge in [0.1, 0.15) is 5.82 Å². The number of hydrogen-bond acceptors (Lipinski definition) is 5. The van der Waals surface area contributed by atoms with Gasteiger partial charge in [0.25, 0.3) is 5.91 Å². The molecule has 1 N–H and O–H groups in total. The standard InChI is InChI=1S/C20H21FN2O5S/c21-17-8-6-15(7-9-17)13-22-19(24)14-28-20(25)16-4-3-5-18(12-16)29(26,27)23-10-1-2-11-23/h3-9,12H,1-2,10-11,13-14H2,(H,22,24). The molecule has 29 heavy (non-hydrogen) atoms. The molecule has 0 aromatic heterocycles. The molecule has 1 aliphatic heterocycles. The molecule has 2 aromatic rings. The fourth-order valence-electron chi connectivity index (χ4n) is 2.93. The molecular weight excluding hydrogens is 399 g/mol. The maximum atomic E-state index is 12.9. The Bertz CT molecular complexity index is 986. The molecule has 0 saturated carbocycles. The number of sulfonamides is 1. The number of amides is 1. The number of ether oxygens (including phenoxy) is 1. The summed E-state index contributed by atoms with van der Waals surface area (Å²) in [6.07, 6.45) is 1.63. The molecule has 9 heteroatoms. The van der Waals surface area contributed by atoms with Crippen molar-refractivity contribution in [3.05, 3.63) is 65.5 Å². The topological polar surface area (TPSA) is 92.8 Å². The summed E-state index contributed by atoms with van der Waals surface area (Å²) in [5.74, 6) is -1.69. The predicted octanol–water partition coefficient (Wildman–Crippen LogP) is 2.08. The number of nitrogens with one attached hydrogen (secondary N) is 1. The van der Waals surface area contributed by atoms with Gasteiger partial charge in [0.15, 0.2) is 6.61 Å². The number of hydrogen-bond donors (Lipinski definition) is 1. The number of nitrogens with zero attached hydrogens (tertiary/aromatic N) is 1. The first-order chi connectivity index (χ1) is 13.9. The van der Waals surface area contributed by atoms with E-state index in [1.807, 2.05) is 0 Å². The Morgan fingerprint density at radius 1 is 1.07 bits per heavy atom. The van der Waals surface area contributed by atoms with Crippen molar-refractivity contribution in [1.29, 1.82) is 0 Å². The molecule has 1 amide bonds. The van der Waals surface area contributed by atoms with Gasteiger partial charge in [-0.3, -0.25) is 4.79 Å². The van der Waals surface area contributed by atoms with Crippen molar-refractivity contribution in [1.82, 2.24) is 9.62 Å². The minimum atomic E-state index is -3.65. The molecule has 2 aromatic carbocycles. The number of carbonyl (C=O) groups is 2. The zero-order valence-corrected chi connectivity index (χ0v) is 16.5. The average molecular weight is 420 g/mol. The van der Waals surface area contributed by atoms with Crippen LogP contribution in [-0.2, 0) is 26.1 Å². The largest absolute Gasteiger partial charge is 0.452 e. The molecule has 1 fully saturated rings. The predicted molar refractivity (Wildman–Crippen MR) is 103 cm³/mol. The maximum Gasteiger partial charge on any atom is 0.338 e. The van der Waals surface area contributed by atoms with Gasteiger partial charge in [-0.25, -0.2) is 17.6 Å². The van der Waals surface area contributed by atoms with Crippen LogP contribution in [0.15, 0.2) is 53.4 Å². The minimum Gasteiger partial charge on any atom is -0.452 e. The highest BCUT2D eigenvalue weighted by Crippen LogP contribution is 2.21. The van der Waals surface area contributed by atoms with E-state index >= 15 is 0 Å². The van der Waals surface area contributed by atoms with Crippen LogP contribution in [0.4, 0.5) is 4.39 Å². The third-order valence-corrected chi connectivity index (χ3v) is 6.40. The third kappa shape index (κ3) is 5.39. The lowest BCUT2D eigenvalue weighted by atomic mass is 10.2. The molecule has 0 bridgehead atoms. The van der Waals surface area contributed by atoms with Gasteiger partial charge in [-0.2, -0.15) is 4.31 Å². The van der Waals surface area contributed by atoms with Crippen molar-refractivity contribution in [3.8, 4) is 0 Å². The van der Waals surface area contributed by atoms with E-state index in [9.17, 15) is 22.4 Å². The Morgan fingerprint density at radius 3 is 2.45 bits per heavy atom. The molecule has 1 heterocycles. The Balaban J connectivity index is 1.55. The third-order valence-electron chi connectivity index (χ3n) is 4.51. The van der Waals surface area contributed by atoms with Crippen LogP contribution in [0.1, 0.15) is 28.8 Å². The van der Waals surface area contributed by atoms with Crippen LogP contribution in [0, 0.1) is 5.82 Å². The summed E-state index contributed by atoms with van der Waals surface area (Å²) < 4.78 is 44.4. The van der Waals surface area contributed by atoms with Crippen LogP contribution < -0.4 is 5.32 Å². The van der Waals surface area contributed by atoms with E-state index in [-0.39, 0.29) is 22.8 Å². The van der Waals surface area contributed by atoms with Gasteiger partial charge in [-0.15, -0.1) is 0 Å². The number of benzene rings is 2. The molecule has 0 radical (unpaired) electrons. The molecule has 0 atom stereocenters. The maximum absolute atomic E-state index is 12.9. The van der Waals surface area contributed by atoms with Gasteiger partial charge in [-0.05, 0) is 48.7 Å². The first-order valence-electron chi connectivity index (χ1n) is 9.15. The van der Waals surface area contributed by atoms with E-state index < -0.39 is 28.5 Å². The van der Waals surface area contributed by atoms with E-state index in [1.54, 1.807) is 0 Å². The van der Waals surface area contributed by atoms with Gasteiger partial charge in [-0.1, -0.05) is 18.2 Å². The lowest BCUT2D eigenvalue weighted by Crippen LogP contribution is -2.29. The highest BCUT2D eigenvalue weighted by molar-refractivity contribution is 7.89. The van der Waals surface area contributed by atoms with Crippen molar-refractivity contribution in [3.63, 3.8) is 0 Å². The SMILES string of the molecule is O=C(COC(=O)c1cccc(S(=O)(=O)N2CCCC2)c1)NCc1ccc(F)cc1. The number of carbonyl (C=O) groups excluding carboxylic acids is 2. The second-order valence-corrected chi connectivity index (χ2v) is 8.56. The highest BCUT2D eigenvalue weighted by atomic mass is 32.2. The van der Waals surface area contributed by atoms with Crippen LogP contribution in [0.5, 0.6) is 0 Å². The first kappa shape index (κ1) is 20.9. The summed E-state index contributed by atoms with van der Waals surface area (Å²) in [6, 6.07) is 11.2. The second-order valence-electron chi connectivity index (χ2n) is 6.62. The molecule has 3 rings (SSSR count). The average Bonchev–Trinajstić information content (AvgIpc) is 3.27. The molecule has 1 saturated heterocycles. The summed E-state index contributed by atoms with van der Waals surface area (Å²) in [4.78, 5) is 24.1. The van der Waals surface area contributed by atoms with Gasteiger partial charge in [0.2, 0.25) is 10.0 Å². The van der Waals surface area contributed by atoms with E-state index in [2.05, 4.69) is 5.32 Å². The Hall–Kier alpha value is -2.78. The fourth-order valence-corrected chi connectivity index (χ4v) is 4.49. The first-order valence-corrected chi connectivity index (χ1v) is 10.6. The number of halogens is 1. The van der Waals surface area contributed by atoms with Crippen LogP contribution in [0.3, 0.4) is 0 Å². The molecule has 0 spiro atoms. The Kier molecular flexibility index (Phi) is 6.60. The monoisotopic (exact) mass is 420 g/mol. The lowest BCUT2D eigenvalue weighted by molar-refractivity contribution is -0.124. The molecule has 1 aliphatic rings. The smallest absolute Gasteiger partial charge is 0.338 e. The quantitative estimate of drug-likeness (QED) is 0.693. The van der Waals surface area contributed by atoms with Crippen molar-refractivity contribution < 1.29 is 27.1 Å². The van der Waals surface area contributed by atoms with Crippen LogP contribution in [-0.4, -0.2) is 44.3 Å². The second kappa shape index (κ2) is 9.15. The normalized spacial score (nSPS) is 14.5. The molecule has 154 valence electrons. The molecule has 7 nitrogen and oxygen atoms in total. The Morgan fingerprint density at radius 2 is 1.76 bits per heavy atom. The lowest BCUT2D eigenvalue weighted by Gasteiger charge is -2.15. The summed E-state index contributed by atoms with van der Waals surface area (Å²) in [6.45, 7) is 0.583. The van der Waals surface area contributed by atoms with Crippen molar-refractivity contribution >= 4 is 21.9 Å². The van der Waals surface area contributed by atoms with E-state index in [0.717, 1.165) is 12.8 Å². The molecular formula is C20H21FN2O5S. The van der Waals surface area contributed by atoms with E-state index in [0.29, 0.717) is 18.7 Å². The van der Waals surface area contributed by atoms with E-state index in [4.69, 9.17) is 4.74 Å². The minimum absolute atomic E-state index is 0.0228. The zero-order valence-electron chi connectivity index (χ0n) is 15.6. The van der Waals surface area contributed by atoms with Crippen LogP contribution >= 0.6 is 0 Å². The molecule has 0 unspecified atom stereocenters. The Labute approximate surface area is 168 Å². The molecule has 0 aliphatic carbocycles. The zero-order chi connectivity index (χ0) is 20.9. The van der Waals surface area contributed by atoms with Gasteiger partial charge < -0.3 is 10.1 Å². The summed E-state index contributed by atoms with van der Waals surface area (Å²) in [5.41, 5.74) is 0.752. The van der Waals surface area contributed by atoms with Gasteiger partial charge in [0, 0.05) is 19.6 Å². The number of esters is 1.